The SMILES string of the molecule is CCCCCNC(=NC)NCCC(=O)NC(C)CC. The third-order valence-corrected chi connectivity index (χ3v) is 2.96. The van der Waals surface area contributed by atoms with Crippen molar-refractivity contribution in [2.75, 3.05) is 20.1 Å². The highest BCUT2D eigenvalue weighted by atomic mass is 16.1. The average Bonchev–Trinajstić information content (AvgIpc) is 2.41. The van der Waals surface area contributed by atoms with E-state index >= 15 is 0 Å². The molecule has 5 heteroatoms. The van der Waals surface area contributed by atoms with Gasteiger partial charge in [0.25, 0.3) is 0 Å². The Hall–Kier alpha value is -1.26. The summed E-state index contributed by atoms with van der Waals surface area (Å²) in [5, 5.41) is 9.33. The summed E-state index contributed by atoms with van der Waals surface area (Å²) in [6, 6.07) is 0.249. The fourth-order valence-corrected chi connectivity index (χ4v) is 1.55. The van der Waals surface area contributed by atoms with Gasteiger partial charge in [0.05, 0.1) is 0 Å². The summed E-state index contributed by atoms with van der Waals surface area (Å²) in [6.45, 7) is 7.79. The van der Waals surface area contributed by atoms with Crippen molar-refractivity contribution in [3.8, 4) is 0 Å². The van der Waals surface area contributed by atoms with Crippen molar-refractivity contribution < 1.29 is 4.79 Å². The quantitative estimate of drug-likeness (QED) is 0.339. The van der Waals surface area contributed by atoms with Crippen LogP contribution in [0.1, 0.15) is 52.9 Å². The summed E-state index contributed by atoms with van der Waals surface area (Å²) in [7, 11) is 1.74. The molecule has 0 bridgehead atoms. The minimum absolute atomic E-state index is 0.0864. The molecule has 1 unspecified atom stereocenters. The Morgan fingerprint density at radius 3 is 2.42 bits per heavy atom. The van der Waals surface area contributed by atoms with Gasteiger partial charge in [-0.1, -0.05) is 26.7 Å². The monoisotopic (exact) mass is 270 g/mol. The lowest BCUT2D eigenvalue weighted by Crippen LogP contribution is -2.40. The number of carbonyl (C=O) groups is 1. The number of aliphatic imine (C=N–C) groups is 1. The molecule has 0 saturated heterocycles. The minimum atomic E-state index is 0.0864. The molecular weight excluding hydrogens is 240 g/mol. The van der Waals surface area contributed by atoms with Gasteiger partial charge in [-0.25, -0.2) is 0 Å². The van der Waals surface area contributed by atoms with Crippen molar-refractivity contribution in [1.29, 1.82) is 0 Å². The van der Waals surface area contributed by atoms with Crippen LogP contribution < -0.4 is 16.0 Å². The van der Waals surface area contributed by atoms with E-state index in [1.54, 1.807) is 7.05 Å². The molecule has 0 aromatic heterocycles. The zero-order chi connectivity index (χ0) is 14.5. The molecule has 0 saturated carbocycles. The Kier molecular flexibility index (Phi) is 11.0. The van der Waals surface area contributed by atoms with Crippen LogP contribution in [0.4, 0.5) is 0 Å². The van der Waals surface area contributed by atoms with Gasteiger partial charge < -0.3 is 16.0 Å². The first-order valence-electron chi connectivity index (χ1n) is 7.37. The summed E-state index contributed by atoms with van der Waals surface area (Å²) >= 11 is 0. The second-order valence-electron chi connectivity index (χ2n) is 4.76. The largest absolute Gasteiger partial charge is 0.356 e. The van der Waals surface area contributed by atoms with E-state index in [2.05, 4.69) is 34.8 Å². The second-order valence-corrected chi connectivity index (χ2v) is 4.76. The van der Waals surface area contributed by atoms with E-state index in [-0.39, 0.29) is 11.9 Å². The predicted octanol–water partition coefficient (Wildman–Crippen LogP) is 1.65. The summed E-state index contributed by atoms with van der Waals surface area (Å²) in [4.78, 5) is 15.7. The van der Waals surface area contributed by atoms with Gasteiger partial charge in [-0.15, -0.1) is 0 Å². The van der Waals surface area contributed by atoms with Gasteiger partial charge in [0.2, 0.25) is 5.91 Å². The number of rotatable bonds is 9. The van der Waals surface area contributed by atoms with Crippen molar-refractivity contribution in [2.45, 2.75) is 58.9 Å². The standard InChI is InChI=1S/C14H30N4O/c1-5-7-8-10-16-14(15-4)17-11-9-13(19)18-12(3)6-2/h12H,5-11H2,1-4H3,(H,18,19)(H2,15,16,17). The van der Waals surface area contributed by atoms with Crippen LogP contribution in [-0.4, -0.2) is 38.0 Å². The van der Waals surface area contributed by atoms with Gasteiger partial charge in [-0.05, 0) is 19.8 Å². The van der Waals surface area contributed by atoms with Crippen molar-refractivity contribution in [1.82, 2.24) is 16.0 Å². The number of carbonyl (C=O) groups excluding carboxylic acids is 1. The van der Waals surface area contributed by atoms with E-state index < -0.39 is 0 Å². The van der Waals surface area contributed by atoms with Crippen LogP contribution >= 0.6 is 0 Å². The Bertz CT molecular complexity index is 266. The maximum Gasteiger partial charge on any atom is 0.221 e. The van der Waals surface area contributed by atoms with Gasteiger partial charge >= 0.3 is 0 Å². The molecule has 0 heterocycles. The molecule has 112 valence electrons. The smallest absolute Gasteiger partial charge is 0.221 e. The van der Waals surface area contributed by atoms with Gasteiger partial charge in [0.15, 0.2) is 5.96 Å². The fourth-order valence-electron chi connectivity index (χ4n) is 1.55. The van der Waals surface area contributed by atoms with E-state index in [4.69, 9.17) is 0 Å². The fraction of sp³-hybridized carbons (Fsp3) is 0.857. The minimum Gasteiger partial charge on any atom is -0.356 e. The van der Waals surface area contributed by atoms with Crippen LogP contribution in [0.2, 0.25) is 0 Å². The first kappa shape index (κ1) is 17.7. The number of unbranched alkanes of at least 4 members (excludes halogenated alkanes) is 2. The highest BCUT2D eigenvalue weighted by Gasteiger charge is 2.05. The Morgan fingerprint density at radius 1 is 1.16 bits per heavy atom. The number of hydrogen-bond donors (Lipinski definition) is 3. The molecule has 1 atom stereocenters. The van der Waals surface area contributed by atoms with Crippen molar-refractivity contribution in [3.63, 3.8) is 0 Å². The maximum atomic E-state index is 11.6. The van der Waals surface area contributed by atoms with Crippen LogP contribution in [-0.2, 0) is 4.79 Å². The number of nitrogens with one attached hydrogen (secondary N) is 3. The van der Waals surface area contributed by atoms with E-state index in [1.807, 2.05) is 6.92 Å². The van der Waals surface area contributed by atoms with Crippen molar-refractivity contribution in [3.05, 3.63) is 0 Å². The molecule has 0 rings (SSSR count). The molecule has 0 spiro atoms. The van der Waals surface area contributed by atoms with E-state index in [1.165, 1.54) is 12.8 Å². The zero-order valence-corrected chi connectivity index (χ0v) is 12.9. The Balaban J connectivity index is 3.69. The summed E-state index contributed by atoms with van der Waals surface area (Å²) in [6.07, 6.45) is 5.01. The van der Waals surface area contributed by atoms with E-state index in [0.717, 1.165) is 25.3 Å². The molecule has 0 aliphatic heterocycles. The highest BCUT2D eigenvalue weighted by molar-refractivity contribution is 5.81. The molecule has 5 nitrogen and oxygen atoms in total. The predicted molar refractivity (Wildman–Crippen MR) is 81.4 cm³/mol. The lowest BCUT2D eigenvalue weighted by atomic mass is 10.2. The summed E-state index contributed by atoms with van der Waals surface area (Å²) < 4.78 is 0. The summed E-state index contributed by atoms with van der Waals surface area (Å²) in [5.74, 6) is 0.857. The molecular formula is C14H30N4O. The van der Waals surface area contributed by atoms with Crippen LogP contribution in [0.15, 0.2) is 4.99 Å². The third kappa shape index (κ3) is 10.4. The van der Waals surface area contributed by atoms with Crippen molar-refractivity contribution in [2.24, 2.45) is 4.99 Å². The lowest BCUT2D eigenvalue weighted by molar-refractivity contribution is -0.121. The number of nitrogens with zero attached hydrogens (tertiary/aromatic N) is 1. The average molecular weight is 270 g/mol. The highest BCUT2D eigenvalue weighted by Crippen LogP contribution is 1.91. The number of hydrogen-bond acceptors (Lipinski definition) is 2. The molecule has 19 heavy (non-hydrogen) atoms. The molecule has 0 aromatic rings. The normalized spacial score (nSPS) is 12.9. The van der Waals surface area contributed by atoms with Crippen molar-refractivity contribution >= 4 is 11.9 Å². The summed E-state index contributed by atoms with van der Waals surface area (Å²) in [5.41, 5.74) is 0. The molecule has 0 aliphatic carbocycles. The first-order chi connectivity index (χ1) is 9.13. The Labute approximate surface area is 117 Å². The van der Waals surface area contributed by atoms with Crippen LogP contribution in [0.3, 0.4) is 0 Å². The number of amides is 1. The lowest BCUT2D eigenvalue weighted by Gasteiger charge is -2.13. The first-order valence-corrected chi connectivity index (χ1v) is 7.37. The Morgan fingerprint density at radius 2 is 1.84 bits per heavy atom. The molecule has 0 radical (unpaired) electrons. The van der Waals surface area contributed by atoms with E-state index in [9.17, 15) is 4.79 Å². The third-order valence-electron chi connectivity index (χ3n) is 2.96. The molecule has 0 aromatic carbocycles. The zero-order valence-electron chi connectivity index (χ0n) is 12.9. The van der Waals surface area contributed by atoms with Crippen LogP contribution in [0.5, 0.6) is 0 Å². The molecule has 0 aliphatic rings. The molecule has 1 amide bonds. The van der Waals surface area contributed by atoms with Gasteiger partial charge in [-0.2, -0.15) is 0 Å². The van der Waals surface area contributed by atoms with Gasteiger partial charge in [-0.3, -0.25) is 9.79 Å². The second kappa shape index (κ2) is 11.8. The van der Waals surface area contributed by atoms with Crippen LogP contribution in [0.25, 0.3) is 0 Å². The number of guanidine groups is 1. The van der Waals surface area contributed by atoms with E-state index in [0.29, 0.717) is 13.0 Å². The molecule has 3 N–H and O–H groups in total. The van der Waals surface area contributed by atoms with Gasteiger partial charge in [0.1, 0.15) is 0 Å². The maximum absolute atomic E-state index is 11.6. The molecule has 0 fully saturated rings. The van der Waals surface area contributed by atoms with Crippen LogP contribution in [0, 0.1) is 0 Å². The topological polar surface area (TPSA) is 65.5 Å². The van der Waals surface area contributed by atoms with Gasteiger partial charge in [0, 0.05) is 32.6 Å².